The molecular weight excluding hydrogens is 152 g/mol. The van der Waals surface area contributed by atoms with Crippen molar-refractivity contribution in [3.05, 3.63) is 0 Å². The molecule has 0 spiro atoms. The van der Waals surface area contributed by atoms with Crippen molar-refractivity contribution < 1.29 is 0 Å². The standard InChI is InChI=1S/C8H22N4/c9-4-2-1-3-8(11)7-12-6-5-10/h8,12H,1-7,9-11H2. The van der Waals surface area contributed by atoms with E-state index in [4.69, 9.17) is 17.2 Å². The summed E-state index contributed by atoms with van der Waals surface area (Å²) >= 11 is 0. The van der Waals surface area contributed by atoms with E-state index in [1.54, 1.807) is 0 Å². The van der Waals surface area contributed by atoms with E-state index in [1.807, 2.05) is 0 Å². The van der Waals surface area contributed by atoms with Gasteiger partial charge in [0.25, 0.3) is 0 Å². The third-order valence-electron chi connectivity index (χ3n) is 1.76. The Morgan fingerprint density at radius 2 is 1.83 bits per heavy atom. The van der Waals surface area contributed by atoms with E-state index < -0.39 is 0 Å². The Balaban J connectivity index is 3.04. The Bertz CT molecular complexity index is 77.1. The molecule has 0 aromatic rings. The molecule has 0 aliphatic rings. The Morgan fingerprint density at radius 3 is 2.42 bits per heavy atom. The first kappa shape index (κ1) is 11.8. The van der Waals surface area contributed by atoms with E-state index in [2.05, 4.69) is 5.32 Å². The summed E-state index contributed by atoms with van der Waals surface area (Å²) in [5, 5.41) is 3.18. The zero-order valence-electron chi connectivity index (χ0n) is 7.76. The zero-order chi connectivity index (χ0) is 9.23. The van der Waals surface area contributed by atoms with E-state index in [-0.39, 0.29) is 6.04 Å². The van der Waals surface area contributed by atoms with Crippen LogP contribution < -0.4 is 22.5 Å². The zero-order valence-corrected chi connectivity index (χ0v) is 7.76. The van der Waals surface area contributed by atoms with Gasteiger partial charge in [-0.2, -0.15) is 0 Å². The maximum absolute atomic E-state index is 5.81. The van der Waals surface area contributed by atoms with Crippen LogP contribution in [0.3, 0.4) is 0 Å². The minimum Gasteiger partial charge on any atom is -0.330 e. The van der Waals surface area contributed by atoms with Gasteiger partial charge < -0.3 is 22.5 Å². The van der Waals surface area contributed by atoms with Crippen LogP contribution >= 0.6 is 0 Å². The fourth-order valence-corrected chi connectivity index (χ4v) is 1.04. The summed E-state index contributed by atoms with van der Waals surface area (Å²) in [6.07, 6.45) is 3.25. The Labute approximate surface area is 74.9 Å². The van der Waals surface area contributed by atoms with Crippen LogP contribution in [0.15, 0.2) is 0 Å². The van der Waals surface area contributed by atoms with Gasteiger partial charge in [-0.1, -0.05) is 6.42 Å². The van der Waals surface area contributed by atoms with Gasteiger partial charge >= 0.3 is 0 Å². The molecule has 1 atom stereocenters. The minimum atomic E-state index is 0.253. The molecule has 0 bridgehead atoms. The van der Waals surface area contributed by atoms with Crippen molar-refractivity contribution in [2.75, 3.05) is 26.2 Å². The predicted octanol–water partition coefficient (Wildman–Crippen LogP) is -1.01. The first-order chi connectivity index (χ1) is 5.81. The molecule has 0 aliphatic heterocycles. The molecule has 0 radical (unpaired) electrons. The highest BCUT2D eigenvalue weighted by atomic mass is 14.9. The molecule has 74 valence electrons. The van der Waals surface area contributed by atoms with E-state index in [9.17, 15) is 0 Å². The summed E-state index contributed by atoms with van der Waals surface area (Å²) in [4.78, 5) is 0. The highest BCUT2D eigenvalue weighted by molar-refractivity contribution is 4.64. The predicted molar refractivity (Wildman–Crippen MR) is 52.8 cm³/mol. The summed E-state index contributed by atoms with van der Waals surface area (Å²) in [7, 11) is 0. The summed E-state index contributed by atoms with van der Waals surface area (Å²) in [5.74, 6) is 0. The monoisotopic (exact) mass is 174 g/mol. The molecule has 1 unspecified atom stereocenters. The summed E-state index contributed by atoms with van der Waals surface area (Å²) in [5.41, 5.74) is 16.5. The fraction of sp³-hybridized carbons (Fsp3) is 1.00. The molecule has 0 rings (SSSR count). The lowest BCUT2D eigenvalue weighted by molar-refractivity contribution is 0.523. The van der Waals surface area contributed by atoms with Crippen LogP contribution in [0.2, 0.25) is 0 Å². The lowest BCUT2D eigenvalue weighted by atomic mass is 10.1. The average Bonchev–Trinajstić information content (AvgIpc) is 2.06. The molecule has 0 aromatic carbocycles. The maximum atomic E-state index is 5.81. The number of nitrogens with two attached hydrogens (primary N) is 3. The highest BCUT2D eigenvalue weighted by Crippen LogP contribution is 1.96. The summed E-state index contributed by atoms with van der Waals surface area (Å²) in [6, 6.07) is 0.253. The average molecular weight is 174 g/mol. The number of hydrogen-bond donors (Lipinski definition) is 4. The first-order valence-electron chi connectivity index (χ1n) is 4.67. The van der Waals surface area contributed by atoms with E-state index in [0.29, 0.717) is 6.54 Å². The summed E-state index contributed by atoms with van der Waals surface area (Å²) in [6.45, 7) is 3.16. The molecule has 0 saturated carbocycles. The smallest absolute Gasteiger partial charge is 0.0165 e. The lowest BCUT2D eigenvalue weighted by Gasteiger charge is -2.11. The quantitative estimate of drug-likeness (QED) is 0.355. The number of nitrogens with one attached hydrogen (secondary N) is 1. The largest absolute Gasteiger partial charge is 0.330 e. The van der Waals surface area contributed by atoms with Crippen LogP contribution in [0.4, 0.5) is 0 Å². The van der Waals surface area contributed by atoms with Gasteiger partial charge in [0.1, 0.15) is 0 Å². The van der Waals surface area contributed by atoms with Crippen molar-refractivity contribution in [2.45, 2.75) is 25.3 Å². The van der Waals surface area contributed by atoms with Crippen molar-refractivity contribution in [3.8, 4) is 0 Å². The van der Waals surface area contributed by atoms with Crippen molar-refractivity contribution in [3.63, 3.8) is 0 Å². The van der Waals surface area contributed by atoms with Gasteiger partial charge in [0.2, 0.25) is 0 Å². The lowest BCUT2D eigenvalue weighted by Crippen LogP contribution is -2.36. The summed E-state index contributed by atoms with van der Waals surface area (Å²) < 4.78 is 0. The van der Waals surface area contributed by atoms with Crippen LogP contribution in [0.25, 0.3) is 0 Å². The van der Waals surface area contributed by atoms with E-state index >= 15 is 0 Å². The van der Waals surface area contributed by atoms with Crippen molar-refractivity contribution >= 4 is 0 Å². The second-order valence-electron chi connectivity index (χ2n) is 3.04. The van der Waals surface area contributed by atoms with E-state index in [0.717, 1.165) is 38.9 Å². The SMILES string of the molecule is NCCCCC(N)CNCCN. The van der Waals surface area contributed by atoms with Crippen molar-refractivity contribution in [2.24, 2.45) is 17.2 Å². The Morgan fingerprint density at radius 1 is 1.08 bits per heavy atom. The van der Waals surface area contributed by atoms with Gasteiger partial charge in [-0.15, -0.1) is 0 Å². The number of hydrogen-bond acceptors (Lipinski definition) is 4. The van der Waals surface area contributed by atoms with Gasteiger partial charge in [-0.25, -0.2) is 0 Å². The van der Waals surface area contributed by atoms with Gasteiger partial charge in [0.05, 0.1) is 0 Å². The molecule has 0 amide bonds. The minimum absolute atomic E-state index is 0.253. The Kier molecular flexibility index (Phi) is 8.81. The van der Waals surface area contributed by atoms with Crippen LogP contribution in [0.5, 0.6) is 0 Å². The second-order valence-corrected chi connectivity index (χ2v) is 3.04. The molecule has 0 saturated heterocycles. The van der Waals surface area contributed by atoms with Crippen LogP contribution in [-0.4, -0.2) is 32.2 Å². The van der Waals surface area contributed by atoms with E-state index in [1.165, 1.54) is 0 Å². The van der Waals surface area contributed by atoms with Gasteiger partial charge in [0, 0.05) is 25.7 Å². The maximum Gasteiger partial charge on any atom is 0.0165 e. The number of unbranched alkanes of at least 4 members (excludes halogenated alkanes) is 1. The fourth-order valence-electron chi connectivity index (χ4n) is 1.04. The molecule has 0 aliphatic carbocycles. The molecule has 0 heterocycles. The van der Waals surface area contributed by atoms with Crippen LogP contribution in [0.1, 0.15) is 19.3 Å². The molecule has 12 heavy (non-hydrogen) atoms. The van der Waals surface area contributed by atoms with Crippen LogP contribution in [0, 0.1) is 0 Å². The normalized spacial score (nSPS) is 13.2. The molecule has 0 aromatic heterocycles. The molecule has 0 fully saturated rings. The molecule has 4 nitrogen and oxygen atoms in total. The molecular formula is C8H22N4. The third kappa shape index (κ3) is 7.94. The third-order valence-corrected chi connectivity index (χ3v) is 1.76. The van der Waals surface area contributed by atoms with Gasteiger partial charge in [-0.3, -0.25) is 0 Å². The Hall–Kier alpha value is -0.160. The van der Waals surface area contributed by atoms with Gasteiger partial charge in [0.15, 0.2) is 0 Å². The van der Waals surface area contributed by atoms with Crippen molar-refractivity contribution in [1.29, 1.82) is 0 Å². The van der Waals surface area contributed by atoms with Crippen LogP contribution in [-0.2, 0) is 0 Å². The first-order valence-corrected chi connectivity index (χ1v) is 4.67. The number of rotatable bonds is 8. The highest BCUT2D eigenvalue weighted by Gasteiger charge is 1.99. The van der Waals surface area contributed by atoms with Crippen molar-refractivity contribution in [1.82, 2.24) is 5.32 Å². The second kappa shape index (κ2) is 8.93. The molecule has 7 N–H and O–H groups in total. The topological polar surface area (TPSA) is 90.1 Å². The molecule has 4 heteroatoms. The van der Waals surface area contributed by atoms with Gasteiger partial charge in [-0.05, 0) is 19.4 Å².